The van der Waals surface area contributed by atoms with E-state index in [1.54, 1.807) is 26.4 Å². The zero-order valence-electron chi connectivity index (χ0n) is 11.4. The Hall–Kier alpha value is -1.03. The van der Waals surface area contributed by atoms with Crippen molar-refractivity contribution in [3.8, 4) is 11.5 Å². The lowest BCUT2D eigenvalue weighted by molar-refractivity contribution is 0.102. The Labute approximate surface area is 150 Å². The van der Waals surface area contributed by atoms with Crippen LogP contribution in [0, 0.1) is 7.14 Å². The molecule has 110 valence electrons. The molecule has 0 radical (unpaired) electrons. The fourth-order valence-corrected chi connectivity index (χ4v) is 3.18. The van der Waals surface area contributed by atoms with Crippen molar-refractivity contribution in [1.29, 1.82) is 0 Å². The van der Waals surface area contributed by atoms with Gasteiger partial charge in [0.15, 0.2) is 11.5 Å². The minimum absolute atomic E-state index is 0.184. The van der Waals surface area contributed by atoms with Gasteiger partial charge < -0.3 is 14.8 Å². The third-order valence-corrected chi connectivity index (χ3v) is 4.25. The maximum Gasteiger partial charge on any atom is 0.255 e. The summed E-state index contributed by atoms with van der Waals surface area (Å²) >= 11 is 4.32. The monoisotopic (exact) mass is 509 g/mol. The number of ether oxygens (including phenoxy) is 2. The van der Waals surface area contributed by atoms with E-state index in [9.17, 15) is 4.79 Å². The Balaban J connectivity index is 2.29. The van der Waals surface area contributed by atoms with Crippen LogP contribution in [0.25, 0.3) is 0 Å². The number of anilines is 1. The van der Waals surface area contributed by atoms with Crippen molar-refractivity contribution in [2.24, 2.45) is 0 Å². The Morgan fingerprint density at radius 3 is 2.48 bits per heavy atom. The molecule has 0 aliphatic rings. The molecule has 0 unspecified atom stereocenters. The van der Waals surface area contributed by atoms with E-state index in [4.69, 9.17) is 9.47 Å². The largest absolute Gasteiger partial charge is 0.493 e. The normalized spacial score (nSPS) is 10.1. The van der Waals surface area contributed by atoms with Crippen LogP contribution < -0.4 is 14.8 Å². The molecular weight excluding hydrogens is 496 g/mol. The van der Waals surface area contributed by atoms with E-state index in [1.165, 1.54) is 0 Å². The SMILES string of the molecule is COc1cc(C(=O)Nc2cccc(I)c2)cc(I)c1OC. The van der Waals surface area contributed by atoms with Crippen LogP contribution in [0.4, 0.5) is 5.69 Å². The molecule has 21 heavy (non-hydrogen) atoms. The van der Waals surface area contributed by atoms with E-state index in [2.05, 4.69) is 50.5 Å². The molecule has 2 aromatic rings. The second-order valence-electron chi connectivity index (χ2n) is 4.16. The second-order valence-corrected chi connectivity index (χ2v) is 6.57. The molecule has 6 heteroatoms. The number of rotatable bonds is 4. The van der Waals surface area contributed by atoms with Crippen molar-refractivity contribution in [1.82, 2.24) is 0 Å². The average molecular weight is 509 g/mol. The zero-order valence-corrected chi connectivity index (χ0v) is 15.8. The quantitative estimate of drug-likeness (QED) is 0.631. The van der Waals surface area contributed by atoms with Crippen molar-refractivity contribution in [3.05, 3.63) is 49.1 Å². The van der Waals surface area contributed by atoms with E-state index in [1.807, 2.05) is 24.3 Å². The predicted molar refractivity (Wildman–Crippen MR) is 99.4 cm³/mol. The molecule has 0 fully saturated rings. The molecule has 0 saturated carbocycles. The van der Waals surface area contributed by atoms with Crippen molar-refractivity contribution in [3.63, 3.8) is 0 Å². The lowest BCUT2D eigenvalue weighted by Gasteiger charge is -2.12. The lowest BCUT2D eigenvalue weighted by Crippen LogP contribution is -2.12. The molecule has 2 rings (SSSR count). The number of halogens is 2. The standard InChI is InChI=1S/C15H13I2NO3/c1-20-13-7-9(6-12(17)14(13)21-2)15(19)18-11-5-3-4-10(16)8-11/h3-8H,1-2H3,(H,18,19). The maximum absolute atomic E-state index is 12.3. The first-order chi connectivity index (χ1) is 10.0. The highest BCUT2D eigenvalue weighted by atomic mass is 127. The first kappa shape index (κ1) is 16.3. The molecule has 0 atom stereocenters. The Morgan fingerprint density at radius 2 is 1.86 bits per heavy atom. The summed E-state index contributed by atoms with van der Waals surface area (Å²) in [6.07, 6.45) is 0. The van der Waals surface area contributed by atoms with Gasteiger partial charge in [0.2, 0.25) is 0 Å². The van der Waals surface area contributed by atoms with Crippen LogP contribution in [0.3, 0.4) is 0 Å². The van der Waals surface area contributed by atoms with Gasteiger partial charge in [0.1, 0.15) is 0 Å². The van der Waals surface area contributed by atoms with Gasteiger partial charge in [0.25, 0.3) is 5.91 Å². The number of carbonyl (C=O) groups excluding carboxylic acids is 1. The molecule has 4 nitrogen and oxygen atoms in total. The van der Waals surface area contributed by atoms with Gasteiger partial charge in [-0.1, -0.05) is 6.07 Å². The number of hydrogen-bond donors (Lipinski definition) is 1. The summed E-state index contributed by atoms with van der Waals surface area (Å²) in [6.45, 7) is 0. The fraction of sp³-hybridized carbons (Fsp3) is 0.133. The molecule has 0 aromatic heterocycles. The average Bonchev–Trinajstić information content (AvgIpc) is 2.46. The Kier molecular flexibility index (Phi) is 5.68. The van der Waals surface area contributed by atoms with E-state index in [-0.39, 0.29) is 5.91 Å². The summed E-state index contributed by atoms with van der Waals surface area (Å²) in [7, 11) is 3.13. The van der Waals surface area contributed by atoms with Crippen molar-refractivity contribution in [2.45, 2.75) is 0 Å². The fourth-order valence-electron chi connectivity index (χ4n) is 1.82. The number of benzene rings is 2. The van der Waals surface area contributed by atoms with Gasteiger partial charge in [-0.2, -0.15) is 0 Å². The Bertz CT molecular complexity index is 674. The topological polar surface area (TPSA) is 47.6 Å². The van der Waals surface area contributed by atoms with E-state index in [0.717, 1.165) is 12.8 Å². The molecule has 1 amide bonds. The zero-order chi connectivity index (χ0) is 15.4. The van der Waals surface area contributed by atoms with Gasteiger partial charge in [-0.15, -0.1) is 0 Å². The highest BCUT2D eigenvalue weighted by Gasteiger charge is 2.15. The lowest BCUT2D eigenvalue weighted by atomic mass is 10.2. The molecule has 0 heterocycles. The first-order valence-electron chi connectivity index (χ1n) is 6.03. The van der Waals surface area contributed by atoms with Crippen molar-refractivity contribution in [2.75, 3.05) is 19.5 Å². The third-order valence-electron chi connectivity index (χ3n) is 2.78. The van der Waals surface area contributed by atoms with Crippen molar-refractivity contribution >= 4 is 56.8 Å². The highest BCUT2D eigenvalue weighted by molar-refractivity contribution is 14.1. The van der Waals surface area contributed by atoms with Crippen LogP contribution >= 0.6 is 45.2 Å². The van der Waals surface area contributed by atoms with Crippen LogP contribution in [0.15, 0.2) is 36.4 Å². The van der Waals surface area contributed by atoms with Crippen LogP contribution in [-0.2, 0) is 0 Å². The van der Waals surface area contributed by atoms with Crippen LogP contribution in [0.5, 0.6) is 11.5 Å². The van der Waals surface area contributed by atoms with Crippen LogP contribution in [0.1, 0.15) is 10.4 Å². The number of hydrogen-bond acceptors (Lipinski definition) is 3. The summed E-state index contributed by atoms with van der Waals surface area (Å²) in [4.78, 5) is 12.3. The molecule has 0 aliphatic carbocycles. The number of carbonyl (C=O) groups is 1. The van der Waals surface area contributed by atoms with Gasteiger partial charge in [-0.05, 0) is 75.5 Å². The van der Waals surface area contributed by atoms with Gasteiger partial charge in [-0.25, -0.2) is 0 Å². The predicted octanol–water partition coefficient (Wildman–Crippen LogP) is 4.17. The minimum atomic E-state index is -0.184. The molecule has 1 N–H and O–H groups in total. The van der Waals surface area contributed by atoms with Gasteiger partial charge >= 0.3 is 0 Å². The summed E-state index contributed by atoms with van der Waals surface area (Å²) in [5, 5.41) is 2.87. The summed E-state index contributed by atoms with van der Waals surface area (Å²) in [5.41, 5.74) is 1.28. The second kappa shape index (κ2) is 7.30. The van der Waals surface area contributed by atoms with Gasteiger partial charge in [0.05, 0.1) is 17.8 Å². The van der Waals surface area contributed by atoms with Crippen LogP contribution in [0.2, 0.25) is 0 Å². The molecule has 2 aromatic carbocycles. The third kappa shape index (κ3) is 4.00. The molecule has 0 saturated heterocycles. The number of methoxy groups -OCH3 is 2. The summed E-state index contributed by atoms with van der Waals surface area (Å²) < 4.78 is 12.4. The minimum Gasteiger partial charge on any atom is -0.493 e. The number of nitrogens with one attached hydrogen (secondary N) is 1. The molecule has 0 aliphatic heterocycles. The van der Waals surface area contributed by atoms with E-state index >= 15 is 0 Å². The summed E-state index contributed by atoms with van der Waals surface area (Å²) in [5.74, 6) is 0.983. The van der Waals surface area contributed by atoms with Crippen LogP contribution in [-0.4, -0.2) is 20.1 Å². The smallest absolute Gasteiger partial charge is 0.255 e. The first-order valence-corrected chi connectivity index (χ1v) is 8.19. The van der Waals surface area contributed by atoms with Gasteiger partial charge in [-0.3, -0.25) is 4.79 Å². The molecular formula is C15H13I2NO3. The molecule has 0 spiro atoms. The van der Waals surface area contributed by atoms with E-state index in [0.29, 0.717) is 17.1 Å². The van der Waals surface area contributed by atoms with Gasteiger partial charge in [0, 0.05) is 14.8 Å². The highest BCUT2D eigenvalue weighted by Crippen LogP contribution is 2.33. The Morgan fingerprint density at radius 1 is 1.10 bits per heavy atom. The maximum atomic E-state index is 12.3. The number of amides is 1. The van der Waals surface area contributed by atoms with Crippen molar-refractivity contribution < 1.29 is 14.3 Å². The van der Waals surface area contributed by atoms with E-state index < -0.39 is 0 Å². The summed E-state index contributed by atoms with van der Waals surface area (Å²) in [6, 6.07) is 11.1. The molecule has 0 bridgehead atoms.